The van der Waals surface area contributed by atoms with E-state index in [1.165, 1.54) is 0 Å². The highest BCUT2D eigenvalue weighted by molar-refractivity contribution is 5.74. The molecule has 25 heavy (non-hydrogen) atoms. The van der Waals surface area contributed by atoms with Gasteiger partial charge in [-0.3, -0.25) is 4.98 Å². The Morgan fingerprint density at radius 1 is 1.36 bits per heavy atom. The number of carbonyl (C=O) groups excluding carboxylic acids is 1. The molecule has 0 aliphatic heterocycles. The van der Waals surface area contributed by atoms with Gasteiger partial charge in [-0.15, -0.1) is 0 Å². The van der Waals surface area contributed by atoms with E-state index in [1.54, 1.807) is 18.6 Å². The van der Waals surface area contributed by atoms with E-state index in [0.29, 0.717) is 18.9 Å². The van der Waals surface area contributed by atoms with Crippen molar-refractivity contribution < 1.29 is 9.21 Å². The highest BCUT2D eigenvalue weighted by Gasteiger charge is 2.35. The Morgan fingerprint density at radius 2 is 2.20 bits per heavy atom. The number of nitrogens with one attached hydrogen (secondary N) is 3. The number of carbonyl (C=O) groups is 1. The first-order valence-corrected chi connectivity index (χ1v) is 8.56. The highest BCUT2D eigenvalue weighted by atomic mass is 16.3. The van der Waals surface area contributed by atoms with Crippen LogP contribution in [0.25, 0.3) is 0 Å². The summed E-state index contributed by atoms with van der Waals surface area (Å²) in [7, 11) is 0. The van der Waals surface area contributed by atoms with E-state index in [-0.39, 0.29) is 17.5 Å². The topological polar surface area (TPSA) is 92.1 Å². The van der Waals surface area contributed by atoms with Gasteiger partial charge in [0, 0.05) is 37.5 Å². The molecule has 1 aliphatic carbocycles. The van der Waals surface area contributed by atoms with E-state index >= 15 is 0 Å². The summed E-state index contributed by atoms with van der Waals surface area (Å²) in [6, 6.07) is 1.84. The van der Waals surface area contributed by atoms with Gasteiger partial charge in [0.25, 0.3) is 0 Å². The van der Waals surface area contributed by atoms with Gasteiger partial charge in [0.05, 0.1) is 12.2 Å². The van der Waals surface area contributed by atoms with Crippen LogP contribution in [0.5, 0.6) is 0 Å². The second-order valence-electron chi connectivity index (χ2n) is 7.25. The van der Waals surface area contributed by atoms with Crippen LogP contribution in [0.2, 0.25) is 0 Å². The number of nitrogens with zero attached hydrogens (tertiary/aromatic N) is 2. The Morgan fingerprint density at radius 3 is 2.96 bits per heavy atom. The number of anilines is 1. The lowest BCUT2D eigenvalue weighted by atomic mass is 9.75. The van der Waals surface area contributed by atoms with Crippen molar-refractivity contribution >= 4 is 11.8 Å². The number of aromatic nitrogens is 2. The quantitative estimate of drug-likeness (QED) is 0.726. The molecular weight excluding hydrogens is 318 g/mol. The summed E-state index contributed by atoms with van der Waals surface area (Å²) in [5.41, 5.74) is 1.20. The van der Waals surface area contributed by atoms with Crippen molar-refractivity contribution in [2.24, 2.45) is 5.41 Å². The summed E-state index contributed by atoms with van der Waals surface area (Å²) in [5.74, 6) is 2.57. The van der Waals surface area contributed by atoms with Crippen molar-refractivity contribution in [2.45, 2.75) is 39.7 Å². The van der Waals surface area contributed by atoms with Gasteiger partial charge in [0.1, 0.15) is 17.3 Å². The largest absolute Gasteiger partial charge is 0.466 e. The van der Waals surface area contributed by atoms with Crippen LogP contribution < -0.4 is 16.0 Å². The summed E-state index contributed by atoms with van der Waals surface area (Å²) >= 11 is 0. The molecule has 0 bridgehead atoms. The van der Waals surface area contributed by atoms with Gasteiger partial charge < -0.3 is 20.4 Å². The first kappa shape index (κ1) is 17.3. The van der Waals surface area contributed by atoms with Crippen LogP contribution in [0, 0.1) is 12.3 Å². The second-order valence-corrected chi connectivity index (χ2v) is 7.25. The molecule has 0 unspecified atom stereocenters. The van der Waals surface area contributed by atoms with Crippen LogP contribution in [0.4, 0.5) is 10.6 Å². The Bertz CT molecular complexity index is 726. The number of urea groups is 1. The van der Waals surface area contributed by atoms with Crippen LogP contribution >= 0.6 is 0 Å². The fourth-order valence-corrected chi connectivity index (χ4v) is 3.28. The van der Waals surface area contributed by atoms with E-state index in [0.717, 1.165) is 29.9 Å². The summed E-state index contributed by atoms with van der Waals surface area (Å²) in [4.78, 5) is 20.3. The third kappa shape index (κ3) is 4.49. The van der Waals surface area contributed by atoms with Crippen molar-refractivity contribution in [3.05, 3.63) is 41.7 Å². The normalized spacial score (nSPS) is 18.3. The SMILES string of the molecule is Cc1cc2c(o1)CC(C)(C)C[C@H]2NC(=O)NCCNc1cnccn1. The lowest BCUT2D eigenvalue weighted by molar-refractivity contribution is 0.215. The molecule has 0 aromatic carbocycles. The third-order valence-electron chi connectivity index (χ3n) is 4.32. The van der Waals surface area contributed by atoms with Gasteiger partial charge in [0.15, 0.2) is 0 Å². The molecule has 7 heteroatoms. The van der Waals surface area contributed by atoms with Crippen molar-refractivity contribution in [3.63, 3.8) is 0 Å². The molecule has 0 saturated heterocycles. The van der Waals surface area contributed by atoms with Crippen LogP contribution in [0.3, 0.4) is 0 Å². The molecule has 0 fully saturated rings. The third-order valence-corrected chi connectivity index (χ3v) is 4.32. The molecule has 2 amide bonds. The van der Waals surface area contributed by atoms with Gasteiger partial charge in [-0.1, -0.05) is 13.8 Å². The van der Waals surface area contributed by atoms with Crippen LogP contribution in [0.15, 0.2) is 29.1 Å². The lowest BCUT2D eigenvalue weighted by Gasteiger charge is -2.34. The molecule has 0 spiro atoms. The van der Waals surface area contributed by atoms with E-state index in [9.17, 15) is 4.79 Å². The molecule has 1 atom stereocenters. The molecule has 2 heterocycles. The summed E-state index contributed by atoms with van der Waals surface area (Å²) in [6.45, 7) is 7.42. The maximum Gasteiger partial charge on any atom is 0.315 e. The predicted molar refractivity (Wildman–Crippen MR) is 95.3 cm³/mol. The monoisotopic (exact) mass is 343 g/mol. The van der Waals surface area contributed by atoms with Gasteiger partial charge in [-0.25, -0.2) is 9.78 Å². The summed E-state index contributed by atoms with van der Waals surface area (Å²) in [5, 5.41) is 9.06. The molecule has 134 valence electrons. The zero-order valence-corrected chi connectivity index (χ0v) is 14.9. The Kier molecular flexibility index (Phi) is 4.92. The molecule has 0 radical (unpaired) electrons. The number of fused-ring (bicyclic) bond motifs is 1. The van der Waals surface area contributed by atoms with Gasteiger partial charge in [-0.2, -0.15) is 0 Å². The number of hydrogen-bond donors (Lipinski definition) is 3. The van der Waals surface area contributed by atoms with Gasteiger partial charge >= 0.3 is 6.03 Å². The lowest BCUT2D eigenvalue weighted by Crippen LogP contribution is -2.42. The number of aryl methyl sites for hydroxylation is 1. The molecule has 7 nitrogen and oxygen atoms in total. The van der Waals surface area contributed by atoms with Crippen LogP contribution in [-0.4, -0.2) is 29.1 Å². The smallest absolute Gasteiger partial charge is 0.315 e. The average molecular weight is 343 g/mol. The van der Waals surface area contributed by atoms with E-state index < -0.39 is 0 Å². The zero-order valence-electron chi connectivity index (χ0n) is 14.9. The van der Waals surface area contributed by atoms with E-state index in [2.05, 4.69) is 39.8 Å². The van der Waals surface area contributed by atoms with Crippen molar-refractivity contribution in [1.29, 1.82) is 0 Å². The van der Waals surface area contributed by atoms with Gasteiger partial charge in [0.2, 0.25) is 0 Å². The van der Waals surface area contributed by atoms with Gasteiger partial charge in [-0.05, 0) is 24.8 Å². The van der Waals surface area contributed by atoms with Crippen LogP contribution in [0.1, 0.15) is 43.4 Å². The maximum absolute atomic E-state index is 12.2. The number of amides is 2. The van der Waals surface area contributed by atoms with Crippen molar-refractivity contribution in [3.8, 4) is 0 Å². The molecule has 3 N–H and O–H groups in total. The molecule has 0 saturated carbocycles. The fourth-order valence-electron chi connectivity index (χ4n) is 3.28. The molecule has 2 aromatic rings. The average Bonchev–Trinajstić information content (AvgIpc) is 2.91. The minimum atomic E-state index is -0.173. The fraction of sp³-hybridized carbons (Fsp3) is 0.500. The Hall–Kier alpha value is -2.57. The molecule has 1 aliphatic rings. The highest BCUT2D eigenvalue weighted by Crippen LogP contribution is 2.41. The minimum Gasteiger partial charge on any atom is -0.466 e. The van der Waals surface area contributed by atoms with Crippen molar-refractivity contribution in [2.75, 3.05) is 18.4 Å². The molecule has 2 aromatic heterocycles. The van der Waals surface area contributed by atoms with E-state index in [4.69, 9.17) is 4.42 Å². The summed E-state index contributed by atoms with van der Waals surface area (Å²) < 4.78 is 5.81. The second kappa shape index (κ2) is 7.13. The molecule has 3 rings (SSSR count). The zero-order chi connectivity index (χ0) is 17.9. The standard InChI is InChI=1S/C18H25N5O2/c1-12-8-13-14(9-18(2,3)10-15(13)25-12)23-17(24)22-7-6-21-16-11-19-4-5-20-16/h4-5,8,11,14H,6-7,9-10H2,1-3H3,(H,20,21)(H2,22,23,24)/t14-/m1/s1. The Labute approximate surface area is 147 Å². The Balaban J connectivity index is 1.50. The molecular formula is C18H25N5O2. The predicted octanol–water partition coefficient (Wildman–Crippen LogP) is 2.80. The number of hydrogen-bond acceptors (Lipinski definition) is 5. The van der Waals surface area contributed by atoms with Crippen molar-refractivity contribution in [1.82, 2.24) is 20.6 Å². The maximum atomic E-state index is 12.2. The number of rotatable bonds is 5. The van der Waals surface area contributed by atoms with Crippen LogP contribution in [-0.2, 0) is 6.42 Å². The first-order valence-electron chi connectivity index (χ1n) is 8.56. The first-order chi connectivity index (χ1) is 11.9. The summed E-state index contributed by atoms with van der Waals surface area (Å²) in [6.07, 6.45) is 6.68. The van der Waals surface area contributed by atoms with E-state index in [1.807, 2.05) is 13.0 Å². The minimum absolute atomic E-state index is 0.0239. The number of furan rings is 1.